The topological polar surface area (TPSA) is 73.9 Å². The van der Waals surface area contributed by atoms with Crippen molar-refractivity contribution in [1.29, 1.82) is 0 Å². The van der Waals surface area contributed by atoms with E-state index in [1.165, 1.54) is 0 Å². The Kier molecular flexibility index (Phi) is 7.06. The van der Waals surface area contributed by atoms with Crippen molar-refractivity contribution in [2.75, 3.05) is 51.3 Å². The van der Waals surface area contributed by atoms with Crippen molar-refractivity contribution in [2.45, 2.75) is 19.9 Å². The maximum atomic E-state index is 11.7. The predicted octanol–water partition coefficient (Wildman–Crippen LogP) is 0.458. The van der Waals surface area contributed by atoms with Crippen molar-refractivity contribution < 1.29 is 14.3 Å². The Bertz CT molecular complexity index is 583. The number of benzene rings is 1. The molecule has 0 bridgehead atoms. The lowest BCUT2D eigenvalue weighted by Gasteiger charge is -2.36. The third-order valence-corrected chi connectivity index (χ3v) is 4.14. The zero-order valence-electron chi connectivity index (χ0n) is 15.2. The van der Waals surface area contributed by atoms with Crippen LogP contribution >= 0.6 is 0 Å². The maximum Gasteiger partial charge on any atom is 0.309 e. The second-order valence-electron chi connectivity index (χ2n) is 6.38. The molecule has 1 aliphatic rings. The number of nitrogens with zero attached hydrogens (tertiary/aromatic N) is 2. The number of anilines is 1. The van der Waals surface area contributed by atoms with Gasteiger partial charge < -0.3 is 20.3 Å². The lowest BCUT2D eigenvalue weighted by atomic mass is 10.2. The summed E-state index contributed by atoms with van der Waals surface area (Å²) in [6.45, 7) is 8.49. The first-order chi connectivity index (χ1) is 12.0. The van der Waals surface area contributed by atoms with E-state index in [2.05, 4.69) is 26.5 Å². The zero-order chi connectivity index (χ0) is 18.2. The van der Waals surface area contributed by atoms with Crippen LogP contribution in [0, 0.1) is 0 Å². The average Bonchev–Trinajstić information content (AvgIpc) is 2.61. The second-order valence-corrected chi connectivity index (χ2v) is 6.38. The highest BCUT2D eigenvalue weighted by Crippen LogP contribution is 2.28. The monoisotopic (exact) mass is 348 g/mol. The minimum Gasteiger partial charge on any atom is -0.495 e. The molecule has 0 spiro atoms. The summed E-state index contributed by atoms with van der Waals surface area (Å²) in [4.78, 5) is 27.8. The predicted molar refractivity (Wildman–Crippen MR) is 97.9 cm³/mol. The van der Waals surface area contributed by atoms with Crippen LogP contribution in [0.15, 0.2) is 24.3 Å². The van der Waals surface area contributed by atoms with Gasteiger partial charge in [-0.25, -0.2) is 0 Å². The number of carbonyl (C=O) groups is 2. The van der Waals surface area contributed by atoms with E-state index in [4.69, 9.17) is 4.74 Å². The summed E-state index contributed by atoms with van der Waals surface area (Å²) in [5, 5.41) is 5.25. The molecule has 1 saturated heterocycles. The molecule has 7 heteroatoms. The molecule has 2 N–H and O–H groups in total. The van der Waals surface area contributed by atoms with Crippen molar-refractivity contribution in [2.24, 2.45) is 0 Å². The molecule has 138 valence electrons. The van der Waals surface area contributed by atoms with Crippen LogP contribution in [0.4, 0.5) is 5.69 Å². The molecule has 0 atom stereocenters. The van der Waals surface area contributed by atoms with Crippen molar-refractivity contribution >= 4 is 17.5 Å². The molecule has 1 heterocycles. The van der Waals surface area contributed by atoms with Crippen molar-refractivity contribution in [3.05, 3.63) is 24.3 Å². The number of amides is 2. The summed E-state index contributed by atoms with van der Waals surface area (Å²) in [6.07, 6.45) is 0. The third kappa shape index (κ3) is 5.63. The quantitative estimate of drug-likeness (QED) is 0.731. The van der Waals surface area contributed by atoms with Crippen LogP contribution in [0.3, 0.4) is 0 Å². The molecule has 0 radical (unpaired) electrons. The van der Waals surface area contributed by atoms with Gasteiger partial charge in [0.05, 0.1) is 12.8 Å². The van der Waals surface area contributed by atoms with Crippen LogP contribution in [-0.2, 0) is 9.59 Å². The summed E-state index contributed by atoms with van der Waals surface area (Å²) in [6, 6.07) is 7.99. The molecule has 1 aromatic rings. The zero-order valence-corrected chi connectivity index (χ0v) is 15.2. The van der Waals surface area contributed by atoms with Gasteiger partial charge in [-0.1, -0.05) is 12.1 Å². The van der Waals surface area contributed by atoms with E-state index in [0.717, 1.165) is 44.2 Å². The normalized spacial score (nSPS) is 15.1. The molecule has 2 rings (SSSR count). The number of hydrogen-bond donors (Lipinski definition) is 2. The van der Waals surface area contributed by atoms with Crippen LogP contribution in [0.1, 0.15) is 13.8 Å². The number of hydrogen-bond acceptors (Lipinski definition) is 5. The fourth-order valence-electron chi connectivity index (χ4n) is 2.84. The summed E-state index contributed by atoms with van der Waals surface area (Å²) in [7, 11) is 1.69. The fraction of sp³-hybridized carbons (Fsp3) is 0.556. The number of ether oxygens (including phenoxy) is 1. The number of rotatable bonds is 6. The van der Waals surface area contributed by atoms with E-state index < -0.39 is 11.8 Å². The first-order valence-corrected chi connectivity index (χ1v) is 8.70. The van der Waals surface area contributed by atoms with Crippen molar-refractivity contribution in [3.8, 4) is 5.75 Å². The van der Waals surface area contributed by atoms with E-state index in [-0.39, 0.29) is 6.04 Å². The summed E-state index contributed by atoms with van der Waals surface area (Å²) in [5.41, 5.74) is 1.11. The van der Waals surface area contributed by atoms with E-state index in [9.17, 15) is 9.59 Å². The lowest BCUT2D eigenvalue weighted by molar-refractivity contribution is -0.139. The summed E-state index contributed by atoms with van der Waals surface area (Å²) < 4.78 is 5.43. The fourth-order valence-corrected chi connectivity index (χ4v) is 2.84. The van der Waals surface area contributed by atoms with Crippen LogP contribution in [0.5, 0.6) is 5.75 Å². The largest absolute Gasteiger partial charge is 0.495 e. The maximum absolute atomic E-state index is 11.7. The molecule has 1 fully saturated rings. The van der Waals surface area contributed by atoms with Crippen LogP contribution in [0.2, 0.25) is 0 Å². The van der Waals surface area contributed by atoms with E-state index in [0.29, 0.717) is 6.54 Å². The van der Waals surface area contributed by atoms with Crippen molar-refractivity contribution in [3.63, 3.8) is 0 Å². The highest BCUT2D eigenvalue weighted by atomic mass is 16.5. The van der Waals surface area contributed by atoms with Gasteiger partial charge in [0.1, 0.15) is 5.75 Å². The SMILES string of the molecule is COc1ccccc1N1CCN(CCNC(=O)C(=O)NC(C)C)CC1. The Hall–Kier alpha value is -2.28. The standard InChI is InChI=1S/C18H28N4O3/c1-14(2)20-18(24)17(23)19-8-9-21-10-12-22(13-11-21)15-6-4-5-7-16(15)25-3/h4-7,14H,8-13H2,1-3H3,(H,19,23)(H,20,24). The Balaban J connectivity index is 1.72. The van der Waals surface area contributed by atoms with Gasteiger partial charge >= 0.3 is 11.8 Å². The third-order valence-electron chi connectivity index (χ3n) is 4.14. The highest BCUT2D eigenvalue weighted by molar-refractivity contribution is 6.35. The number of nitrogens with one attached hydrogen (secondary N) is 2. The van der Waals surface area contributed by atoms with Gasteiger partial charge in [0, 0.05) is 45.3 Å². The number of para-hydroxylation sites is 2. The molecule has 0 aromatic heterocycles. The molecule has 7 nitrogen and oxygen atoms in total. The first kappa shape index (κ1) is 19.1. The van der Waals surface area contributed by atoms with E-state index in [1.54, 1.807) is 7.11 Å². The molecule has 1 aliphatic heterocycles. The molecule has 0 unspecified atom stereocenters. The minimum absolute atomic E-state index is 0.0405. The number of methoxy groups -OCH3 is 1. The van der Waals surface area contributed by atoms with Gasteiger partial charge in [0.2, 0.25) is 0 Å². The second kappa shape index (κ2) is 9.27. The van der Waals surface area contributed by atoms with Crippen LogP contribution in [-0.4, -0.2) is 69.1 Å². The van der Waals surface area contributed by atoms with Crippen LogP contribution < -0.4 is 20.3 Å². The Morgan fingerprint density at radius 1 is 1.12 bits per heavy atom. The van der Waals surface area contributed by atoms with Crippen molar-refractivity contribution in [1.82, 2.24) is 15.5 Å². The van der Waals surface area contributed by atoms with Gasteiger partial charge in [0.25, 0.3) is 0 Å². The first-order valence-electron chi connectivity index (χ1n) is 8.70. The molecule has 1 aromatic carbocycles. The molecular weight excluding hydrogens is 320 g/mol. The highest BCUT2D eigenvalue weighted by Gasteiger charge is 2.20. The smallest absolute Gasteiger partial charge is 0.309 e. The Labute approximate surface area is 149 Å². The molecule has 25 heavy (non-hydrogen) atoms. The molecular formula is C18H28N4O3. The molecule has 0 saturated carbocycles. The van der Waals surface area contributed by atoms with Crippen LogP contribution in [0.25, 0.3) is 0 Å². The Morgan fingerprint density at radius 3 is 2.44 bits per heavy atom. The molecule has 0 aliphatic carbocycles. The average molecular weight is 348 g/mol. The Morgan fingerprint density at radius 2 is 1.80 bits per heavy atom. The van der Waals surface area contributed by atoms with Gasteiger partial charge in [-0.3, -0.25) is 14.5 Å². The minimum atomic E-state index is -0.573. The van der Waals surface area contributed by atoms with E-state index in [1.807, 2.05) is 32.0 Å². The summed E-state index contributed by atoms with van der Waals surface area (Å²) >= 11 is 0. The molecule has 2 amide bonds. The lowest BCUT2D eigenvalue weighted by Crippen LogP contribution is -2.49. The number of carbonyl (C=O) groups excluding carboxylic acids is 2. The van der Waals surface area contributed by atoms with E-state index >= 15 is 0 Å². The van der Waals surface area contributed by atoms with Gasteiger partial charge in [-0.15, -0.1) is 0 Å². The van der Waals surface area contributed by atoms with Gasteiger partial charge in [-0.05, 0) is 26.0 Å². The van der Waals surface area contributed by atoms with Gasteiger partial charge in [0.15, 0.2) is 0 Å². The van der Waals surface area contributed by atoms with Gasteiger partial charge in [-0.2, -0.15) is 0 Å². The summed E-state index contributed by atoms with van der Waals surface area (Å²) in [5.74, 6) is -0.253. The number of piperazine rings is 1.